The minimum absolute atomic E-state index is 0.567. The standard InChI is InChI=1S/C7H8N3/c8-10-9-6-7-4-2-1-3-5-7/h1-5,9H,6H2/q+1. The van der Waals surface area contributed by atoms with Crippen molar-refractivity contribution in [1.29, 1.82) is 5.39 Å². The van der Waals surface area contributed by atoms with Crippen molar-refractivity contribution in [3.63, 3.8) is 0 Å². The van der Waals surface area contributed by atoms with Crippen LogP contribution in [0.5, 0.6) is 0 Å². The molecule has 0 unspecified atom stereocenters. The van der Waals surface area contributed by atoms with Gasteiger partial charge in [0.2, 0.25) is 0 Å². The molecular formula is C7H8N3+. The lowest BCUT2D eigenvalue weighted by Gasteiger charge is -1.89. The van der Waals surface area contributed by atoms with E-state index in [9.17, 15) is 0 Å². The zero-order chi connectivity index (χ0) is 7.23. The summed E-state index contributed by atoms with van der Waals surface area (Å²) in [5.41, 5.74) is 3.54. The molecule has 0 aliphatic rings. The summed E-state index contributed by atoms with van der Waals surface area (Å²) in [4.78, 5) is 0. The Morgan fingerprint density at radius 3 is 2.60 bits per heavy atom. The SMILES string of the molecule is N#[N+]NCc1ccccc1. The average molecular weight is 134 g/mol. The third-order valence-electron chi connectivity index (χ3n) is 1.20. The van der Waals surface area contributed by atoms with Crippen molar-refractivity contribution < 1.29 is 0 Å². The molecule has 10 heavy (non-hydrogen) atoms. The lowest BCUT2D eigenvalue weighted by Crippen LogP contribution is -2.00. The molecule has 0 spiro atoms. The van der Waals surface area contributed by atoms with Gasteiger partial charge in [-0.3, -0.25) is 0 Å². The number of diazo groups is 1. The predicted octanol–water partition coefficient (Wildman–Crippen LogP) is 1.54. The number of rotatable bonds is 2. The molecule has 0 fully saturated rings. The van der Waals surface area contributed by atoms with Crippen LogP contribution in [0.1, 0.15) is 5.56 Å². The second-order valence-corrected chi connectivity index (χ2v) is 1.92. The molecule has 0 bridgehead atoms. The smallest absolute Gasteiger partial charge is 0.0622 e. The van der Waals surface area contributed by atoms with Crippen LogP contribution in [0.2, 0.25) is 0 Å². The molecule has 1 rings (SSSR count). The van der Waals surface area contributed by atoms with Gasteiger partial charge in [0.1, 0.15) is 6.54 Å². The number of nitrogens with zero attached hydrogens (tertiary/aromatic N) is 2. The highest BCUT2D eigenvalue weighted by atomic mass is 15.3. The van der Waals surface area contributed by atoms with Crippen LogP contribution in [0.25, 0.3) is 5.08 Å². The summed E-state index contributed by atoms with van der Waals surface area (Å²) in [7, 11) is 0. The second-order valence-electron chi connectivity index (χ2n) is 1.92. The van der Waals surface area contributed by atoms with Crippen molar-refractivity contribution in [2.45, 2.75) is 6.54 Å². The molecule has 0 aliphatic carbocycles. The van der Waals surface area contributed by atoms with Crippen molar-refractivity contribution in [2.75, 3.05) is 0 Å². The van der Waals surface area contributed by atoms with Gasteiger partial charge in [0, 0.05) is 0 Å². The van der Waals surface area contributed by atoms with E-state index in [2.05, 4.69) is 10.5 Å². The maximum atomic E-state index is 8.04. The van der Waals surface area contributed by atoms with E-state index >= 15 is 0 Å². The lowest BCUT2D eigenvalue weighted by atomic mass is 10.2. The lowest BCUT2D eigenvalue weighted by molar-refractivity contribution is 0.843. The summed E-state index contributed by atoms with van der Waals surface area (Å²) in [6, 6.07) is 9.73. The fraction of sp³-hybridized carbons (Fsp3) is 0.143. The van der Waals surface area contributed by atoms with Crippen LogP contribution in [-0.2, 0) is 6.54 Å². The average Bonchev–Trinajstić information content (AvgIpc) is 2.03. The number of benzene rings is 1. The first-order chi connectivity index (χ1) is 4.93. The van der Waals surface area contributed by atoms with Crippen molar-refractivity contribution in [2.24, 2.45) is 0 Å². The van der Waals surface area contributed by atoms with Crippen molar-refractivity contribution in [3.05, 3.63) is 41.0 Å². The Bertz CT molecular complexity index is 224. The highest BCUT2D eigenvalue weighted by Gasteiger charge is 1.91. The van der Waals surface area contributed by atoms with Crippen LogP contribution in [0, 0.1) is 5.39 Å². The molecule has 1 aromatic rings. The Balaban J connectivity index is 2.52. The van der Waals surface area contributed by atoms with E-state index < -0.39 is 0 Å². The summed E-state index contributed by atoms with van der Waals surface area (Å²) in [6.45, 7) is 0.567. The Kier molecular flexibility index (Phi) is 2.27. The van der Waals surface area contributed by atoms with Crippen LogP contribution in [0.4, 0.5) is 0 Å². The monoisotopic (exact) mass is 134 g/mol. The minimum atomic E-state index is 0.567. The third kappa shape index (κ3) is 1.75. The summed E-state index contributed by atoms with van der Waals surface area (Å²) < 4.78 is 0. The fourth-order valence-corrected chi connectivity index (χ4v) is 0.723. The molecule has 0 atom stereocenters. The van der Waals surface area contributed by atoms with Crippen LogP contribution in [-0.4, -0.2) is 0 Å². The highest BCUT2D eigenvalue weighted by molar-refractivity contribution is 5.14. The first kappa shape index (κ1) is 6.56. The predicted molar refractivity (Wildman–Crippen MR) is 38.4 cm³/mol. The summed E-state index contributed by atoms with van der Waals surface area (Å²) in [6.07, 6.45) is 0. The van der Waals surface area contributed by atoms with Gasteiger partial charge in [0.15, 0.2) is 0 Å². The third-order valence-corrected chi connectivity index (χ3v) is 1.20. The van der Waals surface area contributed by atoms with Gasteiger partial charge in [0.05, 0.1) is 0 Å². The quantitative estimate of drug-likeness (QED) is 0.492. The largest absolute Gasteiger partial charge is 0.303 e. The van der Waals surface area contributed by atoms with Gasteiger partial charge < -0.3 is 0 Å². The normalized spacial score (nSPS) is 8.30. The Hall–Kier alpha value is -1.56. The molecule has 0 amide bonds. The summed E-state index contributed by atoms with van der Waals surface area (Å²) in [5, 5.41) is 10.8. The van der Waals surface area contributed by atoms with Crippen LogP contribution < -0.4 is 5.43 Å². The number of nitrogens with one attached hydrogen (secondary N) is 1. The van der Waals surface area contributed by atoms with E-state index in [1.54, 1.807) is 0 Å². The second kappa shape index (κ2) is 3.46. The Morgan fingerprint density at radius 1 is 1.30 bits per heavy atom. The molecule has 3 heteroatoms. The fourth-order valence-electron chi connectivity index (χ4n) is 0.723. The highest BCUT2D eigenvalue weighted by Crippen LogP contribution is 1.96. The van der Waals surface area contributed by atoms with E-state index in [0.29, 0.717) is 6.54 Å². The van der Waals surface area contributed by atoms with Crippen LogP contribution >= 0.6 is 0 Å². The van der Waals surface area contributed by atoms with E-state index in [1.807, 2.05) is 30.3 Å². The Labute approximate surface area is 59.3 Å². The Morgan fingerprint density at radius 2 is 2.00 bits per heavy atom. The van der Waals surface area contributed by atoms with E-state index in [0.717, 1.165) is 5.56 Å². The maximum absolute atomic E-state index is 8.04. The van der Waals surface area contributed by atoms with Crippen molar-refractivity contribution in [3.8, 4) is 0 Å². The van der Waals surface area contributed by atoms with Crippen molar-refractivity contribution in [1.82, 2.24) is 5.43 Å². The molecule has 0 radical (unpaired) electrons. The summed E-state index contributed by atoms with van der Waals surface area (Å²) in [5.74, 6) is 0. The van der Waals surface area contributed by atoms with Gasteiger partial charge in [-0.1, -0.05) is 30.3 Å². The molecule has 1 N–H and O–H groups in total. The molecule has 0 aromatic heterocycles. The number of hydrogen-bond donors (Lipinski definition) is 1. The van der Waals surface area contributed by atoms with E-state index in [1.165, 1.54) is 0 Å². The maximum Gasteiger partial charge on any atom is 0.303 e. The van der Waals surface area contributed by atoms with Gasteiger partial charge in [-0.15, -0.1) is 0 Å². The molecule has 0 saturated carbocycles. The van der Waals surface area contributed by atoms with E-state index in [4.69, 9.17) is 5.39 Å². The van der Waals surface area contributed by atoms with Gasteiger partial charge >= 0.3 is 5.08 Å². The first-order valence-electron chi connectivity index (χ1n) is 3.04. The summed E-state index contributed by atoms with van der Waals surface area (Å²) >= 11 is 0. The molecule has 0 heterocycles. The zero-order valence-electron chi connectivity index (χ0n) is 5.49. The topological polar surface area (TPSA) is 40.2 Å². The van der Waals surface area contributed by atoms with Crippen LogP contribution in [0.15, 0.2) is 30.3 Å². The molecule has 0 aliphatic heterocycles. The van der Waals surface area contributed by atoms with Gasteiger partial charge in [0.25, 0.3) is 5.39 Å². The minimum Gasteiger partial charge on any atom is -0.0622 e. The van der Waals surface area contributed by atoms with Crippen molar-refractivity contribution >= 4 is 0 Å². The van der Waals surface area contributed by atoms with Gasteiger partial charge in [-0.05, 0) is 11.0 Å². The zero-order valence-corrected chi connectivity index (χ0v) is 5.49. The molecular weight excluding hydrogens is 126 g/mol. The molecule has 0 saturated heterocycles. The van der Waals surface area contributed by atoms with Gasteiger partial charge in [-0.25, -0.2) is 0 Å². The van der Waals surface area contributed by atoms with E-state index in [-0.39, 0.29) is 0 Å². The first-order valence-corrected chi connectivity index (χ1v) is 3.04. The van der Waals surface area contributed by atoms with Crippen LogP contribution in [0.3, 0.4) is 0 Å². The molecule has 50 valence electrons. The van der Waals surface area contributed by atoms with Gasteiger partial charge in [-0.2, -0.15) is 0 Å². The molecule has 1 aromatic carbocycles. The number of hydrogen-bond acceptors (Lipinski definition) is 2. The molecule has 3 nitrogen and oxygen atoms in total.